The average Bonchev–Trinajstić information content (AvgIpc) is 2.50. The lowest BCUT2D eigenvalue weighted by Crippen LogP contribution is -2.17. The van der Waals surface area contributed by atoms with Crippen molar-refractivity contribution >= 4 is 15.9 Å². The van der Waals surface area contributed by atoms with E-state index in [0.29, 0.717) is 6.04 Å². The Morgan fingerprint density at radius 2 is 1.76 bits per heavy atom. The van der Waals surface area contributed by atoms with E-state index in [9.17, 15) is 0 Å². The maximum Gasteiger partial charge on any atom is 0.134 e. The van der Waals surface area contributed by atoms with E-state index < -0.39 is 0 Å². The maximum absolute atomic E-state index is 6.06. The van der Waals surface area contributed by atoms with Crippen LogP contribution in [-0.4, -0.2) is 6.54 Å². The summed E-state index contributed by atoms with van der Waals surface area (Å²) in [5, 5.41) is 3.41. The zero-order valence-corrected chi connectivity index (χ0v) is 14.4. The first-order valence-electron chi connectivity index (χ1n) is 7.36. The molecule has 2 atom stereocenters. The van der Waals surface area contributed by atoms with E-state index in [1.54, 1.807) is 0 Å². The van der Waals surface area contributed by atoms with Gasteiger partial charge in [0.1, 0.15) is 11.9 Å². The Morgan fingerprint density at radius 3 is 2.38 bits per heavy atom. The Hall–Kier alpha value is -1.32. The predicted octanol–water partition coefficient (Wildman–Crippen LogP) is 5.26. The van der Waals surface area contributed by atoms with Crippen LogP contribution in [-0.2, 0) is 0 Å². The van der Waals surface area contributed by atoms with Crippen molar-refractivity contribution in [3.05, 3.63) is 64.1 Å². The van der Waals surface area contributed by atoms with Gasteiger partial charge in [-0.1, -0.05) is 43.3 Å². The third kappa shape index (κ3) is 4.32. The normalized spacial score (nSPS) is 13.7. The number of halogens is 1. The predicted molar refractivity (Wildman–Crippen MR) is 91.7 cm³/mol. The molecule has 2 unspecified atom stereocenters. The molecule has 0 aromatic heterocycles. The molecule has 112 valence electrons. The van der Waals surface area contributed by atoms with Crippen LogP contribution in [0, 0.1) is 0 Å². The van der Waals surface area contributed by atoms with E-state index in [4.69, 9.17) is 4.74 Å². The Balaban J connectivity index is 2.11. The highest BCUT2D eigenvalue weighted by molar-refractivity contribution is 9.10. The van der Waals surface area contributed by atoms with Gasteiger partial charge in [-0.25, -0.2) is 0 Å². The van der Waals surface area contributed by atoms with Crippen LogP contribution < -0.4 is 10.1 Å². The second-order valence-corrected chi connectivity index (χ2v) is 5.99. The van der Waals surface area contributed by atoms with Gasteiger partial charge in [-0.2, -0.15) is 0 Å². The standard InChI is InChI=1S/C18H22BrNO/c1-4-20-13(2)16-10-11-18(17(19)12-16)21-14(3)15-8-6-5-7-9-15/h5-14,20H,4H2,1-3H3. The number of ether oxygens (including phenoxy) is 1. The van der Waals surface area contributed by atoms with E-state index in [-0.39, 0.29) is 6.10 Å². The number of hydrogen-bond acceptors (Lipinski definition) is 2. The lowest BCUT2D eigenvalue weighted by atomic mass is 10.1. The van der Waals surface area contributed by atoms with Crippen LogP contribution in [0.4, 0.5) is 0 Å². The molecule has 0 spiro atoms. The monoisotopic (exact) mass is 347 g/mol. The average molecular weight is 348 g/mol. The van der Waals surface area contributed by atoms with Gasteiger partial charge in [-0.15, -0.1) is 0 Å². The molecule has 2 rings (SSSR count). The van der Waals surface area contributed by atoms with Crippen molar-refractivity contribution in [2.75, 3.05) is 6.54 Å². The molecule has 0 fully saturated rings. The minimum absolute atomic E-state index is 0.0274. The summed E-state index contributed by atoms with van der Waals surface area (Å²) in [5.74, 6) is 0.874. The van der Waals surface area contributed by atoms with Gasteiger partial charge in [0, 0.05) is 6.04 Å². The molecule has 0 bridgehead atoms. The highest BCUT2D eigenvalue weighted by Crippen LogP contribution is 2.31. The lowest BCUT2D eigenvalue weighted by molar-refractivity contribution is 0.225. The van der Waals surface area contributed by atoms with E-state index in [1.165, 1.54) is 11.1 Å². The number of hydrogen-bond donors (Lipinski definition) is 1. The van der Waals surface area contributed by atoms with Gasteiger partial charge < -0.3 is 10.1 Å². The van der Waals surface area contributed by atoms with Gasteiger partial charge in [-0.3, -0.25) is 0 Å². The topological polar surface area (TPSA) is 21.3 Å². The quantitative estimate of drug-likeness (QED) is 0.769. The number of rotatable bonds is 6. The SMILES string of the molecule is CCNC(C)c1ccc(OC(C)c2ccccc2)c(Br)c1. The molecule has 0 aliphatic carbocycles. The second kappa shape index (κ2) is 7.62. The molecule has 0 saturated carbocycles. The minimum atomic E-state index is 0.0274. The summed E-state index contributed by atoms with van der Waals surface area (Å²) in [6.45, 7) is 7.31. The first-order chi connectivity index (χ1) is 10.1. The first kappa shape index (κ1) is 16.1. The van der Waals surface area contributed by atoms with Crippen LogP contribution in [0.1, 0.15) is 44.0 Å². The molecule has 21 heavy (non-hydrogen) atoms. The summed E-state index contributed by atoms with van der Waals surface area (Å²) in [6, 6.07) is 16.9. The molecule has 0 radical (unpaired) electrons. The van der Waals surface area contributed by atoms with Crippen molar-refractivity contribution in [1.29, 1.82) is 0 Å². The first-order valence-corrected chi connectivity index (χ1v) is 8.15. The van der Waals surface area contributed by atoms with Crippen LogP contribution in [0.15, 0.2) is 53.0 Å². The second-order valence-electron chi connectivity index (χ2n) is 5.14. The molecule has 3 heteroatoms. The van der Waals surface area contributed by atoms with Gasteiger partial charge in [-0.05, 0) is 59.6 Å². The van der Waals surface area contributed by atoms with Crippen LogP contribution in [0.25, 0.3) is 0 Å². The number of benzene rings is 2. The van der Waals surface area contributed by atoms with Gasteiger partial charge >= 0.3 is 0 Å². The zero-order valence-electron chi connectivity index (χ0n) is 12.8. The fourth-order valence-corrected chi connectivity index (χ4v) is 2.78. The Bertz CT molecular complexity index is 571. The Labute approximate surface area is 135 Å². The minimum Gasteiger partial charge on any atom is -0.485 e. The van der Waals surface area contributed by atoms with Gasteiger partial charge in [0.05, 0.1) is 4.47 Å². The summed E-state index contributed by atoms with van der Waals surface area (Å²) < 4.78 is 7.05. The van der Waals surface area contributed by atoms with E-state index in [2.05, 4.69) is 66.3 Å². The van der Waals surface area contributed by atoms with Crippen molar-refractivity contribution < 1.29 is 4.74 Å². The highest BCUT2D eigenvalue weighted by Gasteiger charge is 2.11. The lowest BCUT2D eigenvalue weighted by Gasteiger charge is -2.18. The highest BCUT2D eigenvalue weighted by atomic mass is 79.9. The van der Waals surface area contributed by atoms with Crippen LogP contribution in [0.3, 0.4) is 0 Å². The van der Waals surface area contributed by atoms with Crippen LogP contribution >= 0.6 is 15.9 Å². The fraction of sp³-hybridized carbons (Fsp3) is 0.333. The molecule has 0 aliphatic heterocycles. The van der Waals surface area contributed by atoms with Crippen molar-refractivity contribution in [2.24, 2.45) is 0 Å². The molecule has 0 aliphatic rings. The summed E-state index contributed by atoms with van der Waals surface area (Å²) in [6.07, 6.45) is 0.0274. The van der Waals surface area contributed by atoms with Crippen molar-refractivity contribution in [3.8, 4) is 5.75 Å². The molecule has 2 aromatic rings. The maximum atomic E-state index is 6.06. The molecular formula is C18H22BrNO. The number of nitrogens with one attached hydrogen (secondary N) is 1. The fourth-order valence-electron chi connectivity index (χ4n) is 2.29. The van der Waals surface area contributed by atoms with E-state index >= 15 is 0 Å². The smallest absolute Gasteiger partial charge is 0.134 e. The molecule has 0 amide bonds. The molecule has 0 saturated heterocycles. The van der Waals surface area contributed by atoms with Crippen LogP contribution in [0.5, 0.6) is 5.75 Å². The molecular weight excluding hydrogens is 326 g/mol. The summed E-state index contributed by atoms with van der Waals surface area (Å²) >= 11 is 3.61. The molecule has 2 aromatic carbocycles. The van der Waals surface area contributed by atoms with Crippen LogP contribution in [0.2, 0.25) is 0 Å². The molecule has 0 heterocycles. The largest absolute Gasteiger partial charge is 0.485 e. The van der Waals surface area contributed by atoms with Gasteiger partial charge in [0.15, 0.2) is 0 Å². The molecule has 2 nitrogen and oxygen atoms in total. The Morgan fingerprint density at radius 1 is 1.05 bits per heavy atom. The van der Waals surface area contributed by atoms with E-state index in [0.717, 1.165) is 16.8 Å². The van der Waals surface area contributed by atoms with Crippen molar-refractivity contribution in [2.45, 2.75) is 32.9 Å². The third-order valence-corrected chi connectivity index (χ3v) is 4.16. The van der Waals surface area contributed by atoms with Crippen molar-refractivity contribution in [3.63, 3.8) is 0 Å². The van der Waals surface area contributed by atoms with Gasteiger partial charge in [0.2, 0.25) is 0 Å². The Kier molecular flexibility index (Phi) is 5.83. The van der Waals surface area contributed by atoms with Crippen molar-refractivity contribution in [1.82, 2.24) is 5.32 Å². The third-order valence-electron chi connectivity index (χ3n) is 3.54. The zero-order chi connectivity index (χ0) is 15.2. The summed E-state index contributed by atoms with van der Waals surface area (Å²) in [5.41, 5.74) is 2.43. The summed E-state index contributed by atoms with van der Waals surface area (Å²) in [4.78, 5) is 0. The van der Waals surface area contributed by atoms with Gasteiger partial charge in [0.25, 0.3) is 0 Å². The summed E-state index contributed by atoms with van der Waals surface area (Å²) in [7, 11) is 0. The molecule has 1 N–H and O–H groups in total. The van der Waals surface area contributed by atoms with E-state index in [1.807, 2.05) is 24.3 Å².